The van der Waals surface area contributed by atoms with E-state index in [-0.39, 0.29) is 0 Å². The van der Waals surface area contributed by atoms with E-state index in [1.165, 1.54) is 0 Å². The molecule has 1 nitrogen and oxygen atoms in total. The Morgan fingerprint density at radius 2 is 2.00 bits per heavy atom. The average molecular weight is 168 g/mol. The van der Waals surface area contributed by atoms with Crippen LogP contribution >= 0.6 is 8.58 Å². The smallest absolute Gasteiger partial charge is 0.119 e. The zero-order chi connectivity index (χ0) is 7.94. The van der Waals surface area contributed by atoms with Gasteiger partial charge < -0.3 is 4.74 Å². The number of para-hydroxylation sites is 1. The van der Waals surface area contributed by atoms with Crippen molar-refractivity contribution in [1.82, 2.24) is 0 Å². The molecular weight excluding hydrogens is 155 g/mol. The second-order valence-electron chi connectivity index (χ2n) is 2.27. The van der Waals surface area contributed by atoms with Gasteiger partial charge in [0.1, 0.15) is 5.75 Å². The molecule has 0 aliphatic rings. The van der Waals surface area contributed by atoms with E-state index in [2.05, 4.69) is 6.66 Å². The third-order valence-corrected chi connectivity index (χ3v) is 2.07. The number of rotatable bonds is 4. The van der Waals surface area contributed by atoms with Gasteiger partial charge in [0, 0.05) is 0 Å². The van der Waals surface area contributed by atoms with Gasteiger partial charge in [-0.2, -0.15) is 0 Å². The molecule has 0 saturated heterocycles. The number of ether oxygens (including phenoxy) is 1. The summed E-state index contributed by atoms with van der Waals surface area (Å²) in [4.78, 5) is 0. The Hall–Kier alpha value is -0.550. The van der Waals surface area contributed by atoms with Gasteiger partial charge >= 0.3 is 0 Å². The molecule has 0 saturated carbocycles. The average Bonchev–Trinajstić information content (AvgIpc) is 2.07. The summed E-state index contributed by atoms with van der Waals surface area (Å²) in [5.41, 5.74) is 0. The first-order valence-electron chi connectivity index (χ1n) is 3.76. The predicted molar refractivity (Wildman–Crippen MR) is 51.0 cm³/mol. The lowest BCUT2D eigenvalue weighted by molar-refractivity contribution is 0.343. The normalized spacial score (nSPS) is 10.6. The maximum absolute atomic E-state index is 5.45. The van der Waals surface area contributed by atoms with Crippen molar-refractivity contribution in [3.63, 3.8) is 0 Å². The van der Waals surface area contributed by atoms with Crippen molar-refractivity contribution in [3.8, 4) is 5.75 Å². The molecule has 0 spiro atoms. The second kappa shape index (κ2) is 5.15. The molecule has 0 heterocycles. The van der Waals surface area contributed by atoms with Crippen LogP contribution in [0, 0.1) is 0 Å². The molecule has 60 valence electrons. The largest absolute Gasteiger partial charge is 0.493 e. The first-order valence-corrected chi connectivity index (χ1v) is 5.46. The highest BCUT2D eigenvalue weighted by Gasteiger charge is 1.88. The topological polar surface area (TPSA) is 9.23 Å². The quantitative estimate of drug-likeness (QED) is 0.495. The Bertz CT molecular complexity index is 186. The van der Waals surface area contributed by atoms with Crippen molar-refractivity contribution in [3.05, 3.63) is 30.3 Å². The summed E-state index contributed by atoms with van der Waals surface area (Å²) in [6, 6.07) is 9.94. The maximum atomic E-state index is 5.45. The third kappa shape index (κ3) is 3.38. The Labute approximate surface area is 69.6 Å². The minimum absolute atomic E-state index is 0.846. The zero-order valence-electron chi connectivity index (χ0n) is 6.71. The van der Waals surface area contributed by atoms with Crippen molar-refractivity contribution in [2.45, 2.75) is 0 Å². The standard InChI is InChI=1S/C9H13OP/c1-11-8-7-10-9-5-3-2-4-6-9/h2-6,11H,7-8H2,1H3. The van der Waals surface area contributed by atoms with Crippen molar-refractivity contribution < 1.29 is 4.74 Å². The number of hydrogen-bond donors (Lipinski definition) is 0. The van der Waals surface area contributed by atoms with E-state index in [1.807, 2.05) is 30.3 Å². The number of benzene rings is 1. The zero-order valence-corrected chi connectivity index (χ0v) is 7.71. The molecule has 0 radical (unpaired) electrons. The molecule has 11 heavy (non-hydrogen) atoms. The van der Waals surface area contributed by atoms with Crippen LogP contribution in [0.5, 0.6) is 5.75 Å². The Balaban J connectivity index is 2.28. The molecule has 1 aromatic carbocycles. The molecule has 0 amide bonds. The van der Waals surface area contributed by atoms with E-state index in [0.717, 1.165) is 27.1 Å². The lowest BCUT2D eigenvalue weighted by Gasteiger charge is -2.03. The van der Waals surface area contributed by atoms with E-state index in [9.17, 15) is 0 Å². The lowest BCUT2D eigenvalue weighted by atomic mass is 10.3. The molecule has 1 aromatic rings. The van der Waals surface area contributed by atoms with Gasteiger partial charge in [0.25, 0.3) is 0 Å². The molecule has 1 unspecified atom stereocenters. The molecule has 0 aliphatic carbocycles. The minimum atomic E-state index is 0.846. The van der Waals surface area contributed by atoms with Crippen LogP contribution in [0.2, 0.25) is 0 Å². The molecular formula is C9H13OP. The molecule has 0 bridgehead atoms. The van der Waals surface area contributed by atoms with Crippen LogP contribution in [-0.4, -0.2) is 19.4 Å². The summed E-state index contributed by atoms with van der Waals surface area (Å²) in [5, 5.41) is 0. The summed E-state index contributed by atoms with van der Waals surface area (Å²) in [6.45, 7) is 3.04. The summed E-state index contributed by atoms with van der Waals surface area (Å²) < 4.78 is 5.45. The molecule has 0 aromatic heterocycles. The third-order valence-electron chi connectivity index (χ3n) is 1.36. The van der Waals surface area contributed by atoms with Gasteiger partial charge in [0.05, 0.1) is 6.61 Å². The lowest BCUT2D eigenvalue weighted by Crippen LogP contribution is -1.97. The molecule has 1 atom stereocenters. The van der Waals surface area contributed by atoms with Gasteiger partial charge in [-0.25, -0.2) is 0 Å². The highest BCUT2D eigenvalue weighted by atomic mass is 31.1. The maximum Gasteiger partial charge on any atom is 0.119 e. The van der Waals surface area contributed by atoms with Crippen LogP contribution in [0.4, 0.5) is 0 Å². The fraction of sp³-hybridized carbons (Fsp3) is 0.333. The summed E-state index contributed by atoms with van der Waals surface area (Å²) in [7, 11) is 0.984. The van der Waals surface area contributed by atoms with Gasteiger partial charge in [0.2, 0.25) is 0 Å². The summed E-state index contributed by atoms with van der Waals surface area (Å²) >= 11 is 0. The summed E-state index contributed by atoms with van der Waals surface area (Å²) in [5.74, 6) is 0.978. The van der Waals surface area contributed by atoms with Crippen molar-refractivity contribution in [2.75, 3.05) is 19.4 Å². The Morgan fingerprint density at radius 1 is 1.27 bits per heavy atom. The minimum Gasteiger partial charge on any atom is -0.493 e. The summed E-state index contributed by atoms with van der Waals surface area (Å²) in [6.07, 6.45) is 1.16. The molecule has 0 fully saturated rings. The highest BCUT2D eigenvalue weighted by Crippen LogP contribution is 2.09. The highest BCUT2D eigenvalue weighted by molar-refractivity contribution is 7.37. The number of hydrogen-bond acceptors (Lipinski definition) is 1. The first kappa shape index (κ1) is 8.55. The Morgan fingerprint density at radius 3 is 2.64 bits per heavy atom. The van der Waals surface area contributed by atoms with E-state index in [4.69, 9.17) is 4.74 Å². The van der Waals surface area contributed by atoms with E-state index < -0.39 is 0 Å². The predicted octanol–water partition coefficient (Wildman–Crippen LogP) is 2.37. The van der Waals surface area contributed by atoms with Crippen LogP contribution in [0.1, 0.15) is 0 Å². The van der Waals surface area contributed by atoms with Crippen LogP contribution in [0.15, 0.2) is 30.3 Å². The van der Waals surface area contributed by atoms with Gasteiger partial charge in [-0.15, -0.1) is 8.58 Å². The van der Waals surface area contributed by atoms with Gasteiger partial charge in [-0.3, -0.25) is 0 Å². The van der Waals surface area contributed by atoms with Crippen LogP contribution < -0.4 is 4.74 Å². The molecule has 1 rings (SSSR count). The van der Waals surface area contributed by atoms with Crippen LogP contribution in [0.25, 0.3) is 0 Å². The van der Waals surface area contributed by atoms with Crippen molar-refractivity contribution in [2.24, 2.45) is 0 Å². The van der Waals surface area contributed by atoms with Crippen LogP contribution in [-0.2, 0) is 0 Å². The monoisotopic (exact) mass is 168 g/mol. The van der Waals surface area contributed by atoms with Gasteiger partial charge in [-0.1, -0.05) is 18.2 Å². The fourth-order valence-electron chi connectivity index (χ4n) is 0.788. The van der Waals surface area contributed by atoms with E-state index in [1.54, 1.807) is 0 Å². The van der Waals surface area contributed by atoms with Gasteiger partial charge in [-0.05, 0) is 25.0 Å². The first-order chi connectivity index (χ1) is 5.43. The van der Waals surface area contributed by atoms with E-state index in [0.29, 0.717) is 0 Å². The Kier molecular flexibility index (Phi) is 4.00. The van der Waals surface area contributed by atoms with Crippen molar-refractivity contribution >= 4 is 8.58 Å². The van der Waals surface area contributed by atoms with Crippen molar-refractivity contribution in [1.29, 1.82) is 0 Å². The van der Waals surface area contributed by atoms with Gasteiger partial charge in [0.15, 0.2) is 0 Å². The van der Waals surface area contributed by atoms with Crippen LogP contribution in [0.3, 0.4) is 0 Å². The second-order valence-corrected chi connectivity index (χ2v) is 3.47. The SMILES string of the molecule is CPCCOc1ccccc1. The molecule has 2 heteroatoms. The van der Waals surface area contributed by atoms with E-state index >= 15 is 0 Å². The molecule has 0 aliphatic heterocycles. The molecule has 0 N–H and O–H groups in total. The fourth-order valence-corrected chi connectivity index (χ4v) is 1.09.